The molecule has 0 aromatic rings. The number of hydrogen-bond donors (Lipinski definition) is 1. The summed E-state index contributed by atoms with van der Waals surface area (Å²) in [5.74, 6) is -0.675. The van der Waals surface area contributed by atoms with E-state index in [4.69, 9.17) is 9.84 Å². The predicted octanol–water partition coefficient (Wildman–Crippen LogP) is 1.43. The summed E-state index contributed by atoms with van der Waals surface area (Å²) in [6, 6.07) is 0. The van der Waals surface area contributed by atoms with Crippen molar-refractivity contribution in [3.05, 3.63) is 12.7 Å². The number of rotatable bonds is 7. The number of amides is 1. The van der Waals surface area contributed by atoms with Crippen LogP contribution in [-0.2, 0) is 14.3 Å². The third kappa shape index (κ3) is 5.31. The van der Waals surface area contributed by atoms with Gasteiger partial charge in [-0.05, 0) is 19.3 Å². The second-order valence-corrected chi connectivity index (χ2v) is 4.42. The van der Waals surface area contributed by atoms with E-state index in [0.717, 1.165) is 12.8 Å². The molecule has 18 heavy (non-hydrogen) atoms. The smallest absolute Gasteiger partial charge is 0.305 e. The average molecular weight is 255 g/mol. The zero-order valence-corrected chi connectivity index (χ0v) is 10.6. The number of piperidine rings is 1. The number of hydrogen-bond acceptors (Lipinski definition) is 3. The summed E-state index contributed by atoms with van der Waals surface area (Å²) in [7, 11) is 0. The van der Waals surface area contributed by atoms with E-state index in [1.54, 1.807) is 6.08 Å². The number of aliphatic carboxylic acids is 1. The van der Waals surface area contributed by atoms with Crippen molar-refractivity contribution >= 4 is 11.9 Å². The second-order valence-electron chi connectivity index (χ2n) is 4.42. The highest BCUT2D eigenvalue weighted by Crippen LogP contribution is 2.15. The standard InChI is InChI=1S/C13H21NO4/c1-2-3-4-12(15)14-8-5-11(6-9-14)18-10-7-13(16)17/h2,11H,1,3-10H2,(H,16,17). The van der Waals surface area contributed by atoms with Crippen molar-refractivity contribution in [2.24, 2.45) is 0 Å². The van der Waals surface area contributed by atoms with E-state index in [9.17, 15) is 9.59 Å². The Morgan fingerprint density at radius 2 is 2.00 bits per heavy atom. The van der Waals surface area contributed by atoms with Crippen LogP contribution >= 0.6 is 0 Å². The molecule has 1 N–H and O–H groups in total. The first-order valence-electron chi connectivity index (χ1n) is 6.35. The number of carbonyl (C=O) groups excluding carboxylic acids is 1. The Labute approximate surface area is 107 Å². The number of ether oxygens (including phenoxy) is 1. The first kappa shape index (κ1) is 14.7. The molecule has 0 spiro atoms. The summed E-state index contributed by atoms with van der Waals surface area (Å²) >= 11 is 0. The van der Waals surface area contributed by atoms with Gasteiger partial charge in [-0.1, -0.05) is 6.08 Å². The minimum Gasteiger partial charge on any atom is -0.481 e. The molecule has 0 aromatic carbocycles. The highest BCUT2D eigenvalue weighted by atomic mass is 16.5. The van der Waals surface area contributed by atoms with Gasteiger partial charge in [-0.3, -0.25) is 9.59 Å². The molecule has 1 aliphatic rings. The number of carboxylic acids is 1. The maximum Gasteiger partial charge on any atom is 0.305 e. The lowest BCUT2D eigenvalue weighted by Crippen LogP contribution is -2.40. The van der Waals surface area contributed by atoms with Gasteiger partial charge in [0.05, 0.1) is 19.1 Å². The molecule has 0 aromatic heterocycles. The molecule has 0 radical (unpaired) electrons. The third-order valence-electron chi connectivity index (χ3n) is 3.03. The molecule has 1 aliphatic heterocycles. The molecule has 5 heteroatoms. The lowest BCUT2D eigenvalue weighted by molar-refractivity contribution is -0.139. The van der Waals surface area contributed by atoms with E-state index >= 15 is 0 Å². The van der Waals surface area contributed by atoms with Crippen molar-refractivity contribution in [2.75, 3.05) is 19.7 Å². The van der Waals surface area contributed by atoms with Gasteiger partial charge in [-0.2, -0.15) is 0 Å². The van der Waals surface area contributed by atoms with E-state index < -0.39 is 5.97 Å². The summed E-state index contributed by atoms with van der Waals surface area (Å²) in [6.07, 6.45) is 4.70. The van der Waals surface area contributed by atoms with Crippen molar-refractivity contribution in [1.82, 2.24) is 4.90 Å². The van der Waals surface area contributed by atoms with Crippen molar-refractivity contribution in [2.45, 2.75) is 38.2 Å². The van der Waals surface area contributed by atoms with Gasteiger partial charge in [-0.15, -0.1) is 6.58 Å². The van der Waals surface area contributed by atoms with E-state index in [0.29, 0.717) is 25.9 Å². The SMILES string of the molecule is C=CCCC(=O)N1CCC(OCCC(=O)O)CC1. The number of carboxylic acid groups (broad SMARTS) is 1. The van der Waals surface area contributed by atoms with Crippen LogP contribution in [-0.4, -0.2) is 47.7 Å². The number of likely N-dealkylation sites (tertiary alicyclic amines) is 1. The number of allylic oxidation sites excluding steroid dienone is 1. The largest absolute Gasteiger partial charge is 0.481 e. The van der Waals surface area contributed by atoms with Gasteiger partial charge in [0, 0.05) is 19.5 Å². The quantitative estimate of drug-likeness (QED) is 0.699. The van der Waals surface area contributed by atoms with Crippen molar-refractivity contribution in [1.29, 1.82) is 0 Å². The van der Waals surface area contributed by atoms with Crippen LogP contribution in [0, 0.1) is 0 Å². The summed E-state index contributed by atoms with van der Waals surface area (Å²) < 4.78 is 5.47. The Bertz CT molecular complexity index is 295. The Balaban J connectivity index is 2.17. The van der Waals surface area contributed by atoms with Crippen molar-refractivity contribution in [3.63, 3.8) is 0 Å². The molecular formula is C13H21NO4. The molecule has 0 aliphatic carbocycles. The average Bonchev–Trinajstić information content (AvgIpc) is 2.36. The molecule has 1 fully saturated rings. The van der Waals surface area contributed by atoms with Gasteiger partial charge in [0.25, 0.3) is 0 Å². The summed E-state index contributed by atoms with van der Waals surface area (Å²) in [4.78, 5) is 23.9. The zero-order chi connectivity index (χ0) is 13.4. The van der Waals surface area contributed by atoms with Crippen LogP contribution in [0.2, 0.25) is 0 Å². The monoisotopic (exact) mass is 255 g/mol. The fraction of sp³-hybridized carbons (Fsp3) is 0.692. The van der Waals surface area contributed by atoms with Gasteiger partial charge in [-0.25, -0.2) is 0 Å². The van der Waals surface area contributed by atoms with Gasteiger partial charge in [0.1, 0.15) is 0 Å². The van der Waals surface area contributed by atoms with Crippen LogP contribution in [0.4, 0.5) is 0 Å². The first-order chi connectivity index (χ1) is 8.63. The molecule has 1 heterocycles. The molecular weight excluding hydrogens is 234 g/mol. The molecule has 0 atom stereocenters. The Kier molecular flexibility index (Phi) is 6.43. The summed E-state index contributed by atoms with van der Waals surface area (Å²) in [5, 5.41) is 8.50. The Hall–Kier alpha value is -1.36. The van der Waals surface area contributed by atoms with E-state index in [1.807, 2.05) is 4.90 Å². The fourth-order valence-electron chi connectivity index (χ4n) is 1.97. The second kappa shape index (κ2) is 7.87. The van der Waals surface area contributed by atoms with Gasteiger partial charge in [0.15, 0.2) is 0 Å². The molecule has 1 amide bonds. The maximum absolute atomic E-state index is 11.7. The van der Waals surface area contributed by atoms with Crippen LogP contribution in [0.5, 0.6) is 0 Å². The normalized spacial score (nSPS) is 16.6. The molecule has 0 saturated carbocycles. The molecule has 0 bridgehead atoms. The summed E-state index contributed by atoms with van der Waals surface area (Å²) in [6.45, 7) is 5.26. The topological polar surface area (TPSA) is 66.8 Å². The molecule has 102 valence electrons. The zero-order valence-electron chi connectivity index (χ0n) is 10.6. The van der Waals surface area contributed by atoms with E-state index in [1.165, 1.54) is 0 Å². The minimum absolute atomic E-state index is 0.0402. The van der Waals surface area contributed by atoms with E-state index in [-0.39, 0.29) is 25.0 Å². The predicted molar refractivity (Wildman–Crippen MR) is 67.2 cm³/mol. The van der Waals surface area contributed by atoms with Gasteiger partial charge in [0.2, 0.25) is 5.91 Å². The molecule has 1 saturated heterocycles. The van der Waals surface area contributed by atoms with Gasteiger partial charge < -0.3 is 14.7 Å². The lowest BCUT2D eigenvalue weighted by Gasteiger charge is -2.31. The van der Waals surface area contributed by atoms with E-state index in [2.05, 4.69) is 6.58 Å². The lowest BCUT2D eigenvalue weighted by atomic mass is 10.1. The molecule has 5 nitrogen and oxygen atoms in total. The Morgan fingerprint density at radius 3 is 2.56 bits per heavy atom. The van der Waals surface area contributed by atoms with Crippen LogP contribution in [0.25, 0.3) is 0 Å². The number of nitrogens with zero attached hydrogens (tertiary/aromatic N) is 1. The summed E-state index contributed by atoms with van der Waals surface area (Å²) in [5.41, 5.74) is 0. The van der Waals surface area contributed by atoms with Crippen molar-refractivity contribution in [3.8, 4) is 0 Å². The van der Waals surface area contributed by atoms with Crippen LogP contribution < -0.4 is 0 Å². The van der Waals surface area contributed by atoms with Crippen LogP contribution in [0.1, 0.15) is 32.1 Å². The third-order valence-corrected chi connectivity index (χ3v) is 3.03. The molecule has 1 rings (SSSR count). The highest BCUT2D eigenvalue weighted by molar-refractivity contribution is 5.76. The van der Waals surface area contributed by atoms with Crippen LogP contribution in [0.3, 0.4) is 0 Å². The first-order valence-corrected chi connectivity index (χ1v) is 6.35. The van der Waals surface area contributed by atoms with Crippen LogP contribution in [0.15, 0.2) is 12.7 Å². The Morgan fingerprint density at radius 1 is 1.33 bits per heavy atom. The fourth-order valence-corrected chi connectivity index (χ4v) is 1.97. The minimum atomic E-state index is -0.841. The molecule has 0 unspecified atom stereocenters. The number of carbonyl (C=O) groups is 2. The van der Waals surface area contributed by atoms with Crippen molar-refractivity contribution < 1.29 is 19.4 Å². The van der Waals surface area contributed by atoms with Gasteiger partial charge >= 0.3 is 5.97 Å². The highest BCUT2D eigenvalue weighted by Gasteiger charge is 2.22. The maximum atomic E-state index is 11.7.